The summed E-state index contributed by atoms with van der Waals surface area (Å²) in [6.07, 6.45) is 1.04. The smallest absolute Gasteiger partial charge is 0.307 e. The molecule has 0 saturated heterocycles. The van der Waals surface area contributed by atoms with Crippen LogP contribution in [-0.4, -0.2) is 25.5 Å². The molecular weight excluding hydrogens is 170 g/mol. The second-order valence-electron chi connectivity index (χ2n) is 2.93. The van der Waals surface area contributed by atoms with Gasteiger partial charge >= 0.3 is 5.97 Å². The molecule has 1 atom stereocenters. The molecule has 1 unspecified atom stereocenters. The first-order valence-corrected chi connectivity index (χ1v) is 4.46. The lowest BCUT2D eigenvalue weighted by molar-refractivity contribution is -0.140. The quantitative estimate of drug-likeness (QED) is 0.645. The van der Waals surface area contributed by atoms with Gasteiger partial charge in [0.05, 0.1) is 13.5 Å². The van der Waals surface area contributed by atoms with Gasteiger partial charge in [-0.05, 0) is 6.42 Å². The van der Waals surface area contributed by atoms with E-state index in [9.17, 15) is 9.59 Å². The standard InChI is InChI=1S/C9H17NO3/c1-4-7(2)9(12)10-6-5-8(11)13-3/h7H,4-6H2,1-3H3,(H,10,12). The van der Waals surface area contributed by atoms with Gasteiger partial charge < -0.3 is 10.1 Å². The van der Waals surface area contributed by atoms with Crippen molar-refractivity contribution in [2.75, 3.05) is 13.7 Å². The van der Waals surface area contributed by atoms with Crippen molar-refractivity contribution in [1.29, 1.82) is 0 Å². The topological polar surface area (TPSA) is 55.4 Å². The Labute approximate surface area is 78.6 Å². The lowest BCUT2D eigenvalue weighted by Gasteiger charge is -2.08. The van der Waals surface area contributed by atoms with Gasteiger partial charge in [0.1, 0.15) is 0 Å². The number of rotatable bonds is 5. The van der Waals surface area contributed by atoms with Crippen molar-refractivity contribution in [3.63, 3.8) is 0 Å². The molecule has 4 nitrogen and oxygen atoms in total. The Morgan fingerprint density at radius 3 is 2.54 bits per heavy atom. The van der Waals surface area contributed by atoms with E-state index in [0.29, 0.717) is 6.54 Å². The van der Waals surface area contributed by atoms with Crippen molar-refractivity contribution >= 4 is 11.9 Å². The third-order valence-electron chi connectivity index (χ3n) is 1.92. The number of methoxy groups -OCH3 is 1. The van der Waals surface area contributed by atoms with E-state index in [0.717, 1.165) is 6.42 Å². The van der Waals surface area contributed by atoms with Gasteiger partial charge in [-0.25, -0.2) is 0 Å². The maximum absolute atomic E-state index is 11.2. The number of hydrogen-bond donors (Lipinski definition) is 1. The maximum Gasteiger partial charge on any atom is 0.307 e. The van der Waals surface area contributed by atoms with Gasteiger partial charge in [-0.1, -0.05) is 13.8 Å². The van der Waals surface area contributed by atoms with Crippen LogP contribution in [0.2, 0.25) is 0 Å². The van der Waals surface area contributed by atoms with E-state index >= 15 is 0 Å². The van der Waals surface area contributed by atoms with Crippen LogP contribution < -0.4 is 5.32 Å². The third-order valence-corrected chi connectivity index (χ3v) is 1.92. The fourth-order valence-electron chi connectivity index (χ4n) is 0.749. The number of hydrogen-bond acceptors (Lipinski definition) is 3. The predicted octanol–water partition coefficient (Wildman–Crippen LogP) is 0.712. The summed E-state index contributed by atoms with van der Waals surface area (Å²) < 4.78 is 4.43. The lowest BCUT2D eigenvalue weighted by atomic mass is 10.1. The second-order valence-corrected chi connectivity index (χ2v) is 2.93. The number of esters is 1. The van der Waals surface area contributed by atoms with Crippen molar-refractivity contribution in [1.82, 2.24) is 5.32 Å². The Hall–Kier alpha value is -1.06. The third kappa shape index (κ3) is 5.22. The molecule has 0 saturated carbocycles. The average Bonchev–Trinajstić information content (AvgIpc) is 2.15. The summed E-state index contributed by atoms with van der Waals surface area (Å²) >= 11 is 0. The van der Waals surface area contributed by atoms with Crippen LogP contribution in [0.5, 0.6) is 0 Å². The van der Waals surface area contributed by atoms with E-state index in [1.54, 1.807) is 0 Å². The second kappa shape index (κ2) is 6.46. The zero-order valence-electron chi connectivity index (χ0n) is 8.42. The molecule has 76 valence electrons. The Morgan fingerprint density at radius 1 is 1.46 bits per heavy atom. The van der Waals surface area contributed by atoms with Gasteiger partial charge in [0.25, 0.3) is 0 Å². The predicted molar refractivity (Wildman–Crippen MR) is 49.1 cm³/mol. The minimum absolute atomic E-state index is 0.00796. The fourth-order valence-corrected chi connectivity index (χ4v) is 0.749. The first kappa shape index (κ1) is 11.9. The van der Waals surface area contributed by atoms with Crippen molar-refractivity contribution in [2.24, 2.45) is 5.92 Å². The Balaban J connectivity index is 3.53. The molecule has 0 aliphatic heterocycles. The molecule has 0 aromatic heterocycles. The Bertz CT molecular complexity index is 180. The molecule has 0 spiro atoms. The normalized spacial score (nSPS) is 11.9. The van der Waals surface area contributed by atoms with Crippen LogP contribution in [0, 0.1) is 5.92 Å². The van der Waals surface area contributed by atoms with E-state index in [4.69, 9.17) is 0 Å². The van der Waals surface area contributed by atoms with E-state index < -0.39 is 0 Å². The van der Waals surface area contributed by atoms with E-state index in [1.165, 1.54) is 7.11 Å². The summed E-state index contributed by atoms with van der Waals surface area (Å²) in [5.41, 5.74) is 0. The minimum atomic E-state index is -0.301. The number of carbonyl (C=O) groups excluding carboxylic acids is 2. The minimum Gasteiger partial charge on any atom is -0.469 e. The molecule has 0 fully saturated rings. The molecule has 0 aromatic rings. The van der Waals surface area contributed by atoms with Crippen molar-refractivity contribution < 1.29 is 14.3 Å². The van der Waals surface area contributed by atoms with E-state index in [-0.39, 0.29) is 24.2 Å². The molecule has 0 rings (SSSR count). The number of ether oxygens (including phenoxy) is 1. The number of carbonyl (C=O) groups is 2. The van der Waals surface area contributed by atoms with Crippen LogP contribution in [0.15, 0.2) is 0 Å². The van der Waals surface area contributed by atoms with Crippen LogP contribution in [0.1, 0.15) is 26.7 Å². The molecule has 0 radical (unpaired) electrons. The first-order valence-electron chi connectivity index (χ1n) is 4.46. The number of nitrogens with one attached hydrogen (secondary N) is 1. The molecule has 0 aliphatic carbocycles. The largest absolute Gasteiger partial charge is 0.469 e. The van der Waals surface area contributed by atoms with Crippen molar-refractivity contribution in [3.05, 3.63) is 0 Å². The summed E-state index contributed by atoms with van der Waals surface area (Å²) in [5.74, 6) is -0.298. The van der Waals surface area contributed by atoms with Gasteiger partial charge in [-0.3, -0.25) is 9.59 Å². The van der Waals surface area contributed by atoms with Gasteiger partial charge in [0.15, 0.2) is 0 Å². The monoisotopic (exact) mass is 187 g/mol. The summed E-state index contributed by atoms with van der Waals surface area (Å²) in [6, 6.07) is 0. The van der Waals surface area contributed by atoms with Crippen LogP contribution in [-0.2, 0) is 14.3 Å². The van der Waals surface area contributed by atoms with Crippen LogP contribution >= 0.6 is 0 Å². The molecular formula is C9H17NO3. The zero-order valence-corrected chi connectivity index (χ0v) is 8.42. The lowest BCUT2D eigenvalue weighted by Crippen LogP contribution is -2.30. The molecule has 0 aliphatic rings. The number of amides is 1. The van der Waals surface area contributed by atoms with Gasteiger partial charge in [-0.15, -0.1) is 0 Å². The molecule has 13 heavy (non-hydrogen) atoms. The van der Waals surface area contributed by atoms with Crippen LogP contribution in [0.4, 0.5) is 0 Å². The van der Waals surface area contributed by atoms with Gasteiger partial charge in [0.2, 0.25) is 5.91 Å². The van der Waals surface area contributed by atoms with Gasteiger partial charge in [-0.2, -0.15) is 0 Å². The fraction of sp³-hybridized carbons (Fsp3) is 0.778. The zero-order chi connectivity index (χ0) is 10.3. The molecule has 4 heteroatoms. The molecule has 1 amide bonds. The average molecular weight is 187 g/mol. The first-order chi connectivity index (χ1) is 6.11. The summed E-state index contributed by atoms with van der Waals surface area (Å²) in [5, 5.41) is 2.66. The maximum atomic E-state index is 11.2. The molecule has 0 bridgehead atoms. The SMILES string of the molecule is CCC(C)C(=O)NCCC(=O)OC. The highest BCUT2D eigenvalue weighted by Crippen LogP contribution is 1.99. The summed E-state index contributed by atoms with van der Waals surface area (Å²) in [7, 11) is 1.33. The van der Waals surface area contributed by atoms with Crippen molar-refractivity contribution in [3.8, 4) is 0 Å². The van der Waals surface area contributed by atoms with Gasteiger partial charge in [0, 0.05) is 12.5 Å². The molecule has 0 aromatic carbocycles. The van der Waals surface area contributed by atoms with Crippen molar-refractivity contribution in [2.45, 2.75) is 26.7 Å². The Kier molecular flexibility index (Phi) is 5.93. The van der Waals surface area contributed by atoms with Crippen LogP contribution in [0.25, 0.3) is 0 Å². The highest BCUT2D eigenvalue weighted by Gasteiger charge is 2.09. The Morgan fingerprint density at radius 2 is 2.08 bits per heavy atom. The summed E-state index contributed by atoms with van der Waals surface area (Å²) in [6.45, 7) is 4.16. The molecule has 0 heterocycles. The highest BCUT2D eigenvalue weighted by atomic mass is 16.5. The van der Waals surface area contributed by atoms with E-state index in [2.05, 4.69) is 10.1 Å². The summed E-state index contributed by atoms with van der Waals surface area (Å²) in [4.78, 5) is 21.8. The van der Waals surface area contributed by atoms with E-state index in [1.807, 2.05) is 13.8 Å². The molecule has 1 N–H and O–H groups in total. The van der Waals surface area contributed by atoms with Crippen LogP contribution in [0.3, 0.4) is 0 Å². The highest BCUT2D eigenvalue weighted by molar-refractivity contribution is 5.78.